The van der Waals surface area contributed by atoms with Crippen molar-refractivity contribution in [3.05, 3.63) is 52.6 Å². The summed E-state index contributed by atoms with van der Waals surface area (Å²) in [7, 11) is 1.55. The van der Waals surface area contributed by atoms with Crippen LogP contribution in [0.5, 0.6) is 0 Å². The minimum atomic E-state index is -0.299. The molecular weight excluding hydrogens is 292 g/mol. The highest BCUT2D eigenvalue weighted by Gasteiger charge is 2.11. The maximum atomic E-state index is 11.9. The summed E-state index contributed by atoms with van der Waals surface area (Å²) in [6, 6.07) is 9.18. The first kappa shape index (κ1) is 13.4. The quantitative estimate of drug-likeness (QED) is 0.563. The summed E-state index contributed by atoms with van der Waals surface area (Å²) in [5.41, 5.74) is 1.32. The third-order valence-corrected chi connectivity index (χ3v) is 3.84. The summed E-state index contributed by atoms with van der Waals surface area (Å²) < 4.78 is 2.44. The summed E-state index contributed by atoms with van der Waals surface area (Å²) in [6.07, 6.45) is 1.46. The molecule has 108 valence electrons. The average Bonchev–Trinajstić information content (AvgIpc) is 3.04. The molecule has 0 aliphatic rings. The molecule has 2 heterocycles. The van der Waals surface area contributed by atoms with E-state index < -0.39 is 0 Å². The largest absolute Gasteiger partial charge is 0.412 e. The summed E-state index contributed by atoms with van der Waals surface area (Å²) >= 11 is 1.45. The van der Waals surface area contributed by atoms with Gasteiger partial charge in [0.05, 0.1) is 11.9 Å². The van der Waals surface area contributed by atoms with E-state index in [-0.39, 0.29) is 5.69 Å². The number of thioether (sulfide) groups is 1. The van der Waals surface area contributed by atoms with Crippen molar-refractivity contribution >= 4 is 11.8 Å². The Bertz CT molecular complexity index is 821. The highest BCUT2D eigenvalue weighted by atomic mass is 32.2. The zero-order valence-electron chi connectivity index (χ0n) is 11.1. The van der Waals surface area contributed by atoms with E-state index in [4.69, 9.17) is 5.21 Å². The van der Waals surface area contributed by atoms with Gasteiger partial charge in [0.2, 0.25) is 0 Å². The number of benzene rings is 1. The second-order valence-corrected chi connectivity index (χ2v) is 5.28. The van der Waals surface area contributed by atoms with Gasteiger partial charge in [-0.3, -0.25) is 0 Å². The number of hydrogen-bond donors (Lipinski definition) is 1. The van der Waals surface area contributed by atoms with Gasteiger partial charge in [0, 0.05) is 12.8 Å². The fourth-order valence-corrected chi connectivity index (χ4v) is 2.68. The highest BCUT2D eigenvalue weighted by molar-refractivity contribution is 7.98. The molecule has 0 bridgehead atoms. The Labute approximate surface area is 123 Å². The predicted molar refractivity (Wildman–Crippen MR) is 75.6 cm³/mol. The first-order valence-electron chi connectivity index (χ1n) is 6.10. The molecular formula is C12H12N6O2S. The van der Waals surface area contributed by atoms with Gasteiger partial charge >= 0.3 is 5.69 Å². The monoisotopic (exact) mass is 304 g/mol. The van der Waals surface area contributed by atoms with Gasteiger partial charge in [0.15, 0.2) is 0 Å². The SMILES string of the molecule is Cn1nnn(-c2ccccc2CSc2ccn(O)n2)c1=O. The van der Waals surface area contributed by atoms with Crippen molar-refractivity contribution in [3.8, 4) is 5.69 Å². The fraction of sp³-hybridized carbons (Fsp3) is 0.167. The zero-order chi connectivity index (χ0) is 14.8. The van der Waals surface area contributed by atoms with Gasteiger partial charge in [-0.1, -0.05) is 30.0 Å². The molecule has 0 fully saturated rings. The molecule has 2 aromatic heterocycles. The van der Waals surface area contributed by atoms with Crippen molar-refractivity contribution in [2.45, 2.75) is 10.8 Å². The molecule has 0 amide bonds. The second-order valence-electron chi connectivity index (χ2n) is 4.29. The Morgan fingerprint density at radius 3 is 2.71 bits per heavy atom. The maximum Gasteiger partial charge on any atom is 0.368 e. The van der Waals surface area contributed by atoms with E-state index in [0.717, 1.165) is 10.4 Å². The maximum absolute atomic E-state index is 11.9. The lowest BCUT2D eigenvalue weighted by atomic mass is 10.2. The molecule has 0 saturated heterocycles. The lowest BCUT2D eigenvalue weighted by molar-refractivity contribution is 0.145. The zero-order valence-corrected chi connectivity index (χ0v) is 11.9. The number of aromatic nitrogens is 6. The number of para-hydroxylation sites is 1. The van der Waals surface area contributed by atoms with Crippen LogP contribution in [0.4, 0.5) is 0 Å². The van der Waals surface area contributed by atoms with Gasteiger partial charge in [-0.05, 0) is 28.1 Å². The fourth-order valence-electron chi connectivity index (χ4n) is 1.83. The number of hydrogen-bond acceptors (Lipinski definition) is 6. The van der Waals surface area contributed by atoms with Crippen LogP contribution in [0.15, 0.2) is 46.3 Å². The van der Waals surface area contributed by atoms with E-state index in [0.29, 0.717) is 16.5 Å². The predicted octanol–water partition coefficient (Wildman–Crippen LogP) is 0.692. The number of tetrazole rings is 1. The lowest BCUT2D eigenvalue weighted by Crippen LogP contribution is -2.22. The third kappa shape index (κ3) is 2.68. The summed E-state index contributed by atoms with van der Waals surface area (Å²) in [5.74, 6) is 0.593. The number of nitrogens with zero attached hydrogens (tertiary/aromatic N) is 6. The van der Waals surface area contributed by atoms with E-state index in [1.54, 1.807) is 13.1 Å². The average molecular weight is 304 g/mol. The van der Waals surface area contributed by atoms with Crippen molar-refractivity contribution < 1.29 is 5.21 Å². The van der Waals surface area contributed by atoms with Crippen LogP contribution in [-0.4, -0.2) is 34.9 Å². The Morgan fingerprint density at radius 1 is 1.24 bits per heavy atom. The van der Waals surface area contributed by atoms with E-state index in [2.05, 4.69) is 15.5 Å². The second kappa shape index (κ2) is 5.44. The van der Waals surface area contributed by atoms with Crippen molar-refractivity contribution in [2.24, 2.45) is 7.05 Å². The van der Waals surface area contributed by atoms with Gasteiger partial charge in [-0.25, -0.2) is 4.79 Å². The number of rotatable bonds is 4. The molecule has 0 radical (unpaired) electrons. The molecule has 9 heteroatoms. The minimum absolute atomic E-state index is 0.299. The minimum Gasteiger partial charge on any atom is -0.412 e. The molecule has 0 aliphatic heterocycles. The van der Waals surface area contributed by atoms with Crippen LogP contribution in [0, 0.1) is 0 Å². The van der Waals surface area contributed by atoms with Crippen LogP contribution in [0.1, 0.15) is 5.56 Å². The van der Waals surface area contributed by atoms with Crippen molar-refractivity contribution in [1.82, 2.24) is 29.7 Å². The van der Waals surface area contributed by atoms with Crippen molar-refractivity contribution in [2.75, 3.05) is 0 Å². The van der Waals surface area contributed by atoms with E-state index in [9.17, 15) is 4.79 Å². The molecule has 0 aliphatic carbocycles. The molecule has 0 spiro atoms. The van der Waals surface area contributed by atoms with E-state index in [1.165, 1.54) is 27.3 Å². The van der Waals surface area contributed by atoms with Gasteiger partial charge in [-0.15, -0.1) is 9.94 Å². The van der Waals surface area contributed by atoms with Crippen molar-refractivity contribution in [3.63, 3.8) is 0 Å². The summed E-state index contributed by atoms with van der Waals surface area (Å²) in [6.45, 7) is 0. The molecule has 3 rings (SSSR count). The topological polar surface area (TPSA) is 90.8 Å². The first-order valence-corrected chi connectivity index (χ1v) is 7.09. The molecule has 3 aromatic rings. The summed E-state index contributed by atoms with van der Waals surface area (Å²) in [5, 5.41) is 21.3. The molecule has 21 heavy (non-hydrogen) atoms. The lowest BCUT2D eigenvalue weighted by Gasteiger charge is -2.06. The highest BCUT2D eigenvalue weighted by Crippen LogP contribution is 2.23. The number of aryl methyl sites for hydroxylation is 1. The first-order chi connectivity index (χ1) is 10.1. The van der Waals surface area contributed by atoms with E-state index in [1.807, 2.05) is 24.3 Å². The van der Waals surface area contributed by atoms with Crippen LogP contribution in [-0.2, 0) is 12.8 Å². The van der Waals surface area contributed by atoms with Crippen molar-refractivity contribution in [1.29, 1.82) is 0 Å². The smallest absolute Gasteiger partial charge is 0.368 e. The molecule has 0 unspecified atom stereocenters. The van der Waals surface area contributed by atoms with Gasteiger partial charge in [0.1, 0.15) is 5.03 Å². The Morgan fingerprint density at radius 2 is 2.05 bits per heavy atom. The van der Waals surface area contributed by atoms with Crippen LogP contribution < -0.4 is 5.69 Å². The summed E-state index contributed by atoms with van der Waals surface area (Å²) in [4.78, 5) is 12.7. The molecule has 1 N–H and O–H groups in total. The van der Waals surface area contributed by atoms with Gasteiger partial charge < -0.3 is 5.21 Å². The van der Waals surface area contributed by atoms with Crippen LogP contribution >= 0.6 is 11.8 Å². The molecule has 8 nitrogen and oxygen atoms in total. The Hall–Kier alpha value is -2.55. The Balaban J connectivity index is 1.89. The normalized spacial score (nSPS) is 10.9. The molecule has 0 saturated carbocycles. The standard InChI is InChI=1S/C12H12N6O2S/c1-16-12(19)18(15-14-16)10-5-3-2-4-9(10)8-21-11-6-7-17(20)13-11/h2-7,20H,8H2,1H3. The van der Waals surface area contributed by atoms with Crippen LogP contribution in [0.25, 0.3) is 5.69 Å². The van der Waals surface area contributed by atoms with Gasteiger partial charge in [-0.2, -0.15) is 9.36 Å². The Kier molecular flexibility index (Phi) is 3.48. The van der Waals surface area contributed by atoms with Gasteiger partial charge in [0.25, 0.3) is 0 Å². The third-order valence-electron chi connectivity index (χ3n) is 2.87. The van der Waals surface area contributed by atoms with Crippen LogP contribution in [0.3, 0.4) is 0 Å². The molecule has 0 atom stereocenters. The van der Waals surface area contributed by atoms with E-state index >= 15 is 0 Å². The molecule has 1 aromatic carbocycles. The van der Waals surface area contributed by atoms with Crippen LogP contribution in [0.2, 0.25) is 0 Å².